The van der Waals surface area contributed by atoms with Gasteiger partial charge in [-0.1, -0.05) is 55.8 Å². The molecule has 0 radical (unpaired) electrons. The molecule has 1 amide bonds. The van der Waals surface area contributed by atoms with Crippen LogP contribution in [0.4, 0.5) is 0 Å². The minimum atomic E-state index is -0.144. The molecule has 34 heavy (non-hydrogen) atoms. The molecule has 0 aliphatic heterocycles. The van der Waals surface area contributed by atoms with E-state index in [1.54, 1.807) is 24.3 Å². The SMILES string of the molecule is CCC(C)c1ccc(OCCn2c(CCNC(=O)c3cccc(Cl)c3)nc3ccccc32)cc1. The van der Waals surface area contributed by atoms with Gasteiger partial charge in [0.05, 0.1) is 17.6 Å². The smallest absolute Gasteiger partial charge is 0.251 e. The van der Waals surface area contributed by atoms with Gasteiger partial charge in [-0.05, 0) is 60.4 Å². The van der Waals surface area contributed by atoms with Crippen molar-refractivity contribution in [2.75, 3.05) is 13.2 Å². The van der Waals surface area contributed by atoms with Crippen molar-refractivity contribution in [2.24, 2.45) is 0 Å². The number of aromatic nitrogens is 2. The number of imidazole rings is 1. The van der Waals surface area contributed by atoms with Gasteiger partial charge in [-0.3, -0.25) is 4.79 Å². The number of nitrogens with one attached hydrogen (secondary N) is 1. The van der Waals surface area contributed by atoms with Crippen LogP contribution in [0.1, 0.15) is 47.9 Å². The largest absolute Gasteiger partial charge is 0.492 e. The highest BCUT2D eigenvalue weighted by molar-refractivity contribution is 6.30. The lowest BCUT2D eigenvalue weighted by Gasteiger charge is -2.13. The summed E-state index contributed by atoms with van der Waals surface area (Å²) in [6, 6.07) is 23.4. The topological polar surface area (TPSA) is 56.1 Å². The summed E-state index contributed by atoms with van der Waals surface area (Å²) in [7, 11) is 0. The number of nitrogens with zero attached hydrogens (tertiary/aromatic N) is 2. The number of amides is 1. The van der Waals surface area contributed by atoms with Crippen molar-refractivity contribution in [1.82, 2.24) is 14.9 Å². The lowest BCUT2D eigenvalue weighted by atomic mass is 9.99. The fourth-order valence-electron chi connectivity index (χ4n) is 3.97. The summed E-state index contributed by atoms with van der Waals surface area (Å²) >= 11 is 6.00. The van der Waals surface area contributed by atoms with Crippen LogP contribution in [0.2, 0.25) is 5.02 Å². The van der Waals surface area contributed by atoms with Gasteiger partial charge in [0.15, 0.2) is 0 Å². The number of hydrogen-bond donors (Lipinski definition) is 1. The predicted octanol–water partition coefficient (Wildman–Crippen LogP) is 6.25. The molecule has 1 heterocycles. The number of para-hydroxylation sites is 2. The second-order valence-electron chi connectivity index (χ2n) is 8.41. The Labute approximate surface area is 205 Å². The molecule has 0 aliphatic rings. The van der Waals surface area contributed by atoms with Gasteiger partial charge >= 0.3 is 0 Å². The lowest BCUT2D eigenvalue weighted by Crippen LogP contribution is -2.26. The molecule has 0 saturated carbocycles. The van der Waals surface area contributed by atoms with Crippen LogP contribution in [0.25, 0.3) is 11.0 Å². The van der Waals surface area contributed by atoms with Gasteiger partial charge in [0, 0.05) is 23.6 Å². The zero-order chi connectivity index (χ0) is 23.9. The first-order valence-electron chi connectivity index (χ1n) is 11.8. The Bertz CT molecular complexity index is 1250. The van der Waals surface area contributed by atoms with E-state index in [0.29, 0.717) is 42.6 Å². The number of ether oxygens (including phenoxy) is 1. The second-order valence-corrected chi connectivity index (χ2v) is 8.85. The normalized spacial score (nSPS) is 12.0. The summed E-state index contributed by atoms with van der Waals surface area (Å²) in [6.45, 7) is 6.12. The van der Waals surface area contributed by atoms with Crippen molar-refractivity contribution < 1.29 is 9.53 Å². The molecule has 6 heteroatoms. The monoisotopic (exact) mass is 475 g/mol. The number of halogens is 1. The van der Waals surface area contributed by atoms with E-state index >= 15 is 0 Å². The van der Waals surface area contributed by atoms with Crippen LogP contribution < -0.4 is 10.1 Å². The molecule has 0 saturated heterocycles. The minimum absolute atomic E-state index is 0.144. The first kappa shape index (κ1) is 23.8. The standard InChI is InChI=1S/C28H30ClN3O2/c1-3-20(2)21-11-13-24(14-12-21)34-18-17-32-26-10-5-4-9-25(26)31-27(32)15-16-30-28(33)22-7-6-8-23(29)19-22/h4-14,19-20H,3,15-18H2,1-2H3,(H,30,33). The Hall–Kier alpha value is -3.31. The van der Waals surface area contributed by atoms with Crippen molar-refractivity contribution in [3.63, 3.8) is 0 Å². The second kappa shape index (κ2) is 11.2. The Balaban J connectivity index is 1.39. The van der Waals surface area contributed by atoms with E-state index < -0.39 is 0 Å². The van der Waals surface area contributed by atoms with Crippen LogP contribution in [0, 0.1) is 0 Å². The van der Waals surface area contributed by atoms with E-state index in [1.165, 1.54) is 5.56 Å². The summed E-state index contributed by atoms with van der Waals surface area (Å²) in [4.78, 5) is 17.2. The molecule has 0 bridgehead atoms. The molecule has 1 atom stereocenters. The maximum Gasteiger partial charge on any atom is 0.251 e. The number of hydrogen-bond acceptors (Lipinski definition) is 3. The van der Waals surface area contributed by atoms with Crippen molar-refractivity contribution in [1.29, 1.82) is 0 Å². The number of benzene rings is 3. The van der Waals surface area contributed by atoms with E-state index in [0.717, 1.165) is 29.0 Å². The molecule has 1 aromatic heterocycles. The van der Waals surface area contributed by atoms with E-state index in [2.05, 4.69) is 41.9 Å². The van der Waals surface area contributed by atoms with Gasteiger partial charge in [0.2, 0.25) is 0 Å². The first-order chi connectivity index (χ1) is 16.5. The highest BCUT2D eigenvalue weighted by atomic mass is 35.5. The number of carbonyl (C=O) groups excluding carboxylic acids is 1. The van der Waals surface area contributed by atoms with E-state index in [9.17, 15) is 4.79 Å². The first-order valence-corrected chi connectivity index (χ1v) is 12.1. The zero-order valence-corrected chi connectivity index (χ0v) is 20.4. The van der Waals surface area contributed by atoms with Gasteiger partial charge in [-0.2, -0.15) is 0 Å². The molecule has 3 aromatic carbocycles. The molecule has 1 N–H and O–H groups in total. The number of carbonyl (C=O) groups is 1. The maximum atomic E-state index is 12.4. The van der Waals surface area contributed by atoms with Gasteiger partial charge in [-0.15, -0.1) is 0 Å². The van der Waals surface area contributed by atoms with Crippen LogP contribution in [0.5, 0.6) is 5.75 Å². The molecule has 4 aromatic rings. The van der Waals surface area contributed by atoms with E-state index in [1.807, 2.05) is 30.3 Å². The summed E-state index contributed by atoms with van der Waals surface area (Å²) in [5.74, 6) is 2.19. The Kier molecular flexibility index (Phi) is 7.86. The predicted molar refractivity (Wildman–Crippen MR) is 138 cm³/mol. The molecule has 0 fully saturated rings. The van der Waals surface area contributed by atoms with Crippen LogP contribution in [0.15, 0.2) is 72.8 Å². The number of rotatable bonds is 10. The van der Waals surface area contributed by atoms with E-state index in [4.69, 9.17) is 21.3 Å². The molecule has 0 aliphatic carbocycles. The quantitative estimate of drug-likeness (QED) is 0.294. The van der Waals surface area contributed by atoms with Crippen LogP contribution in [0.3, 0.4) is 0 Å². The molecular weight excluding hydrogens is 446 g/mol. The summed E-state index contributed by atoms with van der Waals surface area (Å²) in [5, 5.41) is 3.51. The Morgan fingerprint density at radius 1 is 1.09 bits per heavy atom. The lowest BCUT2D eigenvalue weighted by molar-refractivity contribution is 0.0954. The fourth-order valence-corrected chi connectivity index (χ4v) is 4.16. The summed E-state index contributed by atoms with van der Waals surface area (Å²) in [5.41, 5.74) is 3.89. The molecular formula is C28H30ClN3O2. The maximum absolute atomic E-state index is 12.4. The molecule has 0 spiro atoms. The average molecular weight is 476 g/mol. The van der Waals surface area contributed by atoms with Crippen LogP contribution >= 0.6 is 11.6 Å². The molecule has 4 rings (SSSR count). The van der Waals surface area contributed by atoms with Gasteiger partial charge in [0.1, 0.15) is 18.2 Å². The molecule has 5 nitrogen and oxygen atoms in total. The fraction of sp³-hybridized carbons (Fsp3) is 0.286. The minimum Gasteiger partial charge on any atom is -0.492 e. The third kappa shape index (κ3) is 5.78. The summed E-state index contributed by atoms with van der Waals surface area (Å²) < 4.78 is 8.21. The van der Waals surface area contributed by atoms with Crippen LogP contribution in [-0.2, 0) is 13.0 Å². The van der Waals surface area contributed by atoms with Gasteiger partial charge in [-0.25, -0.2) is 4.98 Å². The highest BCUT2D eigenvalue weighted by Crippen LogP contribution is 2.22. The van der Waals surface area contributed by atoms with Crippen molar-refractivity contribution in [3.05, 3.63) is 94.8 Å². The third-order valence-electron chi connectivity index (χ3n) is 6.10. The van der Waals surface area contributed by atoms with E-state index in [-0.39, 0.29) is 5.91 Å². The van der Waals surface area contributed by atoms with Crippen LogP contribution in [-0.4, -0.2) is 28.6 Å². The Morgan fingerprint density at radius 3 is 2.65 bits per heavy atom. The Morgan fingerprint density at radius 2 is 1.88 bits per heavy atom. The third-order valence-corrected chi connectivity index (χ3v) is 6.33. The molecule has 176 valence electrons. The summed E-state index contributed by atoms with van der Waals surface area (Å²) in [6.07, 6.45) is 1.74. The molecule has 1 unspecified atom stereocenters. The van der Waals surface area contributed by atoms with Gasteiger partial charge in [0.25, 0.3) is 5.91 Å². The van der Waals surface area contributed by atoms with Crippen molar-refractivity contribution in [3.8, 4) is 5.75 Å². The number of fused-ring (bicyclic) bond motifs is 1. The van der Waals surface area contributed by atoms with Crippen molar-refractivity contribution in [2.45, 2.75) is 39.2 Å². The van der Waals surface area contributed by atoms with Crippen molar-refractivity contribution >= 4 is 28.5 Å². The van der Waals surface area contributed by atoms with Gasteiger partial charge < -0.3 is 14.6 Å². The zero-order valence-electron chi connectivity index (χ0n) is 19.6. The average Bonchev–Trinajstić information content (AvgIpc) is 3.21. The highest BCUT2D eigenvalue weighted by Gasteiger charge is 2.12.